The van der Waals surface area contributed by atoms with Crippen LogP contribution in [0.5, 0.6) is 5.75 Å². The molecule has 0 radical (unpaired) electrons. The third-order valence-electron chi connectivity index (χ3n) is 3.05. The summed E-state index contributed by atoms with van der Waals surface area (Å²) in [5, 5.41) is 0. The minimum absolute atomic E-state index is 0.0869. The van der Waals surface area contributed by atoms with E-state index >= 15 is 0 Å². The zero-order valence-corrected chi connectivity index (χ0v) is 13.3. The molecule has 7 nitrogen and oxygen atoms in total. The maximum Gasteiger partial charge on any atom is 0.410 e. The fourth-order valence-electron chi connectivity index (χ4n) is 2.05. The van der Waals surface area contributed by atoms with E-state index in [0.29, 0.717) is 32.1 Å². The summed E-state index contributed by atoms with van der Waals surface area (Å²) in [7, 11) is 0. The van der Waals surface area contributed by atoms with Gasteiger partial charge in [0.05, 0.1) is 12.4 Å². The van der Waals surface area contributed by atoms with Gasteiger partial charge in [0.2, 0.25) is 5.95 Å². The first-order valence-corrected chi connectivity index (χ1v) is 7.24. The van der Waals surface area contributed by atoms with Gasteiger partial charge in [-0.3, -0.25) is 0 Å². The summed E-state index contributed by atoms with van der Waals surface area (Å²) in [6, 6.07) is 0. The summed E-state index contributed by atoms with van der Waals surface area (Å²) < 4.78 is 33.7. The molecule has 0 spiro atoms. The van der Waals surface area contributed by atoms with E-state index in [9.17, 15) is 13.6 Å². The second-order valence-corrected chi connectivity index (χ2v) is 6.05. The Labute approximate surface area is 133 Å². The number of carbonyl (C=O) groups excluding carboxylic acids is 1. The molecule has 128 valence electrons. The van der Waals surface area contributed by atoms with Gasteiger partial charge in [-0.25, -0.2) is 14.8 Å². The van der Waals surface area contributed by atoms with E-state index in [0.717, 1.165) is 0 Å². The Morgan fingerprint density at radius 1 is 1.17 bits per heavy atom. The molecule has 0 atom stereocenters. The van der Waals surface area contributed by atoms with E-state index < -0.39 is 12.2 Å². The van der Waals surface area contributed by atoms with Crippen molar-refractivity contribution in [2.24, 2.45) is 0 Å². The molecule has 0 N–H and O–H groups in total. The number of nitrogens with zero attached hydrogens (tertiary/aromatic N) is 4. The van der Waals surface area contributed by atoms with E-state index in [4.69, 9.17) is 4.74 Å². The molecule has 0 aliphatic carbocycles. The number of hydrogen-bond acceptors (Lipinski definition) is 6. The summed E-state index contributed by atoms with van der Waals surface area (Å²) in [6.45, 7) is 4.58. The number of ether oxygens (including phenoxy) is 2. The highest BCUT2D eigenvalue weighted by atomic mass is 19.3. The van der Waals surface area contributed by atoms with Crippen molar-refractivity contribution in [3.05, 3.63) is 12.4 Å². The number of halogens is 2. The SMILES string of the molecule is CC(C)(C)OC(=O)N1CCN(c2ncc(OC(F)F)cn2)CC1. The summed E-state index contributed by atoms with van der Waals surface area (Å²) in [6.07, 6.45) is 2.06. The van der Waals surface area contributed by atoms with Crippen LogP contribution >= 0.6 is 0 Å². The maximum absolute atomic E-state index is 12.1. The topological polar surface area (TPSA) is 67.8 Å². The Morgan fingerprint density at radius 3 is 2.22 bits per heavy atom. The smallest absolute Gasteiger partial charge is 0.410 e. The zero-order valence-electron chi connectivity index (χ0n) is 13.3. The molecule has 1 aliphatic rings. The Hall–Kier alpha value is -2.19. The average Bonchev–Trinajstić information content (AvgIpc) is 2.46. The van der Waals surface area contributed by atoms with Crippen molar-refractivity contribution in [2.45, 2.75) is 33.0 Å². The maximum atomic E-state index is 12.1. The third-order valence-corrected chi connectivity index (χ3v) is 3.05. The molecule has 1 saturated heterocycles. The van der Waals surface area contributed by atoms with Gasteiger partial charge in [0.15, 0.2) is 5.75 Å². The van der Waals surface area contributed by atoms with Gasteiger partial charge in [0.1, 0.15) is 5.60 Å². The normalized spacial score (nSPS) is 15.7. The fraction of sp³-hybridized carbons (Fsp3) is 0.643. The van der Waals surface area contributed by atoms with Crippen LogP contribution in [0, 0.1) is 0 Å². The number of anilines is 1. The highest BCUT2D eigenvalue weighted by Crippen LogP contribution is 2.17. The number of carbonyl (C=O) groups is 1. The first-order chi connectivity index (χ1) is 10.7. The lowest BCUT2D eigenvalue weighted by molar-refractivity contribution is -0.0503. The second-order valence-electron chi connectivity index (χ2n) is 6.05. The number of piperazine rings is 1. The van der Waals surface area contributed by atoms with Crippen LogP contribution in [0.3, 0.4) is 0 Å². The Bertz CT molecular complexity index is 526. The second kappa shape index (κ2) is 6.93. The van der Waals surface area contributed by atoms with Crippen LogP contribution in [0.2, 0.25) is 0 Å². The van der Waals surface area contributed by atoms with E-state index in [-0.39, 0.29) is 11.8 Å². The molecule has 2 heterocycles. The van der Waals surface area contributed by atoms with E-state index in [1.807, 2.05) is 25.7 Å². The van der Waals surface area contributed by atoms with Crippen molar-refractivity contribution in [3.8, 4) is 5.75 Å². The lowest BCUT2D eigenvalue weighted by Crippen LogP contribution is -2.50. The fourth-order valence-corrected chi connectivity index (χ4v) is 2.05. The van der Waals surface area contributed by atoms with Crippen molar-refractivity contribution in [2.75, 3.05) is 31.1 Å². The van der Waals surface area contributed by atoms with Gasteiger partial charge < -0.3 is 19.3 Å². The van der Waals surface area contributed by atoms with Gasteiger partial charge in [0, 0.05) is 26.2 Å². The van der Waals surface area contributed by atoms with Crippen LogP contribution in [0.15, 0.2) is 12.4 Å². The van der Waals surface area contributed by atoms with Crippen molar-refractivity contribution in [3.63, 3.8) is 0 Å². The van der Waals surface area contributed by atoms with Crippen LogP contribution in [0.4, 0.5) is 19.5 Å². The van der Waals surface area contributed by atoms with E-state index in [2.05, 4.69) is 14.7 Å². The molecule has 0 saturated carbocycles. The van der Waals surface area contributed by atoms with Crippen LogP contribution in [-0.4, -0.2) is 59.4 Å². The minimum Gasteiger partial charge on any atom is -0.444 e. The van der Waals surface area contributed by atoms with E-state index in [1.54, 1.807) is 4.90 Å². The highest BCUT2D eigenvalue weighted by Gasteiger charge is 2.26. The van der Waals surface area contributed by atoms with Crippen molar-refractivity contribution < 1.29 is 23.0 Å². The van der Waals surface area contributed by atoms with Gasteiger partial charge >= 0.3 is 12.7 Å². The molecule has 1 fully saturated rings. The summed E-state index contributed by atoms with van der Waals surface area (Å²) in [5.74, 6) is 0.326. The predicted molar refractivity (Wildman–Crippen MR) is 78.7 cm³/mol. The molecular weight excluding hydrogens is 310 g/mol. The molecule has 1 aromatic rings. The lowest BCUT2D eigenvalue weighted by atomic mass is 10.2. The first-order valence-electron chi connectivity index (χ1n) is 7.24. The molecule has 0 unspecified atom stereocenters. The number of alkyl halides is 2. The Balaban J connectivity index is 1.88. The highest BCUT2D eigenvalue weighted by molar-refractivity contribution is 5.68. The number of amides is 1. The molecule has 0 bridgehead atoms. The molecule has 2 rings (SSSR count). The quantitative estimate of drug-likeness (QED) is 0.846. The van der Waals surface area contributed by atoms with Gasteiger partial charge in [-0.2, -0.15) is 8.78 Å². The van der Waals surface area contributed by atoms with Crippen LogP contribution in [0.25, 0.3) is 0 Å². The third kappa shape index (κ3) is 5.19. The summed E-state index contributed by atoms with van der Waals surface area (Å²) in [5.41, 5.74) is -0.530. The van der Waals surface area contributed by atoms with Gasteiger partial charge in [-0.15, -0.1) is 0 Å². The van der Waals surface area contributed by atoms with Crippen LogP contribution in [-0.2, 0) is 4.74 Å². The largest absolute Gasteiger partial charge is 0.444 e. The van der Waals surface area contributed by atoms with Gasteiger partial charge in [-0.1, -0.05) is 0 Å². The molecule has 1 aromatic heterocycles. The molecule has 23 heavy (non-hydrogen) atoms. The van der Waals surface area contributed by atoms with Crippen molar-refractivity contribution in [1.82, 2.24) is 14.9 Å². The standard InChI is InChI=1S/C14H20F2N4O3/c1-14(2,3)23-13(21)20-6-4-19(5-7-20)12-17-8-10(9-18-12)22-11(15)16/h8-9,11H,4-7H2,1-3H3. The first kappa shape index (κ1) is 17.2. The molecule has 9 heteroatoms. The number of rotatable bonds is 3. The van der Waals surface area contributed by atoms with Crippen molar-refractivity contribution >= 4 is 12.0 Å². The van der Waals surface area contributed by atoms with Gasteiger partial charge in [-0.05, 0) is 20.8 Å². The van der Waals surface area contributed by atoms with Crippen molar-refractivity contribution in [1.29, 1.82) is 0 Å². The van der Waals surface area contributed by atoms with Crippen LogP contribution in [0.1, 0.15) is 20.8 Å². The number of hydrogen-bond donors (Lipinski definition) is 0. The minimum atomic E-state index is -2.90. The van der Waals surface area contributed by atoms with Gasteiger partial charge in [0.25, 0.3) is 0 Å². The molecular formula is C14H20F2N4O3. The molecule has 1 amide bonds. The van der Waals surface area contributed by atoms with Crippen LogP contribution < -0.4 is 9.64 Å². The summed E-state index contributed by atoms with van der Waals surface area (Å²) >= 11 is 0. The number of aromatic nitrogens is 2. The predicted octanol–water partition coefficient (Wildman–Crippen LogP) is 2.14. The lowest BCUT2D eigenvalue weighted by Gasteiger charge is -2.35. The average molecular weight is 330 g/mol. The van der Waals surface area contributed by atoms with E-state index in [1.165, 1.54) is 12.4 Å². The Kier molecular flexibility index (Phi) is 5.17. The zero-order chi connectivity index (χ0) is 17.0. The molecule has 1 aliphatic heterocycles. The Morgan fingerprint density at radius 2 is 1.74 bits per heavy atom. The monoisotopic (exact) mass is 330 g/mol. The molecule has 0 aromatic carbocycles. The summed E-state index contributed by atoms with van der Waals surface area (Å²) in [4.78, 5) is 23.5.